The molecule has 5 heterocycles. The standard InChI is InChI=1S/C24H31N7O2/c1-16-14-32-12-10-30(16)23-19-7-8-20(18-6-5-9-25-22(18)29(3)4)26-21(19)27-24(28-23)31-11-13-33-15-17(31)2/h5-9,16-17H,10-15H2,1-4H3/t16-,17-/m0/s1. The minimum absolute atomic E-state index is 0.202. The maximum absolute atomic E-state index is 5.68. The van der Waals surface area contributed by atoms with Crippen molar-refractivity contribution in [2.24, 2.45) is 0 Å². The van der Waals surface area contributed by atoms with Crippen molar-refractivity contribution in [3.05, 3.63) is 30.5 Å². The number of fused-ring (bicyclic) bond motifs is 1. The van der Waals surface area contributed by atoms with Gasteiger partial charge in [-0.1, -0.05) is 0 Å². The minimum atomic E-state index is 0.202. The van der Waals surface area contributed by atoms with Gasteiger partial charge in [-0.2, -0.15) is 9.97 Å². The Hall–Kier alpha value is -3.04. The molecule has 0 spiro atoms. The fraction of sp³-hybridized carbons (Fsp3) is 0.500. The van der Waals surface area contributed by atoms with E-state index in [0.717, 1.165) is 41.4 Å². The zero-order valence-electron chi connectivity index (χ0n) is 19.7. The lowest BCUT2D eigenvalue weighted by Crippen LogP contribution is -2.46. The molecule has 0 amide bonds. The van der Waals surface area contributed by atoms with Gasteiger partial charge in [0.2, 0.25) is 5.95 Å². The van der Waals surface area contributed by atoms with Gasteiger partial charge in [0.25, 0.3) is 0 Å². The third-order valence-corrected chi connectivity index (χ3v) is 6.28. The number of rotatable bonds is 4. The van der Waals surface area contributed by atoms with Crippen molar-refractivity contribution in [3.8, 4) is 11.3 Å². The SMILES string of the molecule is C[C@H]1COCCN1c1nc(N2CCOC[C@@H]2C)c2ccc(-c3cccnc3N(C)C)nc2n1. The van der Waals surface area contributed by atoms with Crippen LogP contribution < -0.4 is 14.7 Å². The number of ether oxygens (including phenoxy) is 2. The summed E-state index contributed by atoms with van der Waals surface area (Å²) in [5.41, 5.74) is 2.52. The zero-order chi connectivity index (χ0) is 22.9. The van der Waals surface area contributed by atoms with Crippen molar-refractivity contribution in [3.63, 3.8) is 0 Å². The second-order valence-electron chi connectivity index (χ2n) is 8.92. The number of hydrogen-bond acceptors (Lipinski definition) is 9. The van der Waals surface area contributed by atoms with Crippen LogP contribution in [0.5, 0.6) is 0 Å². The van der Waals surface area contributed by atoms with Crippen LogP contribution in [0, 0.1) is 0 Å². The van der Waals surface area contributed by atoms with Crippen molar-refractivity contribution in [2.75, 3.05) is 68.3 Å². The number of anilines is 3. The first-order valence-corrected chi connectivity index (χ1v) is 11.5. The molecule has 2 atom stereocenters. The van der Waals surface area contributed by atoms with Crippen molar-refractivity contribution in [1.29, 1.82) is 0 Å². The smallest absolute Gasteiger partial charge is 0.229 e. The van der Waals surface area contributed by atoms with E-state index >= 15 is 0 Å². The molecule has 2 aliphatic heterocycles. The molecule has 9 heteroatoms. The van der Waals surface area contributed by atoms with Gasteiger partial charge in [-0.25, -0.2) is 9.97 Å². The maximum Gasteiger partial charge on any atom is 0.229 e. The highest BCUT2D eigenvalue weighted by molar-refractivity contribution is 5.90. The van der Waals surface area contributed by atoms with Gasteiger partial charge >= 0.3 is 0 Å². The molecule has 0 aliphatic carbocycles. The summed E-state index contributed by atoms with van der Waals surface area (Å²) in [6.07, 6.45) is 1.80. The Morgan fingerprint density at radius 2 is 1.64 bits per heavy atom. The summed E-state index contributed by atoms with van der Waals surface area (Å²) in [6.45, 7) is 8.58. The summed E-state index contributed by atoms with van der Waals surface area (Å²) in [5.74, 6) is 2.50. The van der Waals surface area contributed by atoms with Gasteiger partial charge in [0.1, 0.15) is 11.6 Å². The van der Waals surface area contributed by atoms with E-state index in [2.05, 4.69) is 34.7 Å². The normalized spacial score (nSPS) is 21.5. The Kier molecular flexibility index (Phi) is 5.99. The van der Waals surface area contributed by atoms with E-state index < -0.39 is 0 Å². The summed E-state index contributed by atoms with van der Waals surface area (Å²) < 4.78 is 11.3. The van der Waals surface area contributed by atoms with Crippen LogP contribution >= 0.6 is 0 Å². The van der Waals surface area contributed by atoms with Crippen LogP contribution in [0.1, 0.15) is 13.8 Å². The van der Waals surface area contributed by atoms with Crippen LogP contribution in [0.4, 0.5) is 17.6 Å². The van der Waals surface area contributed by atoms with Gasteiger partial charge < -0.3 is 24.2 Å². The first-order valence-electron chi connectivity index (χ1n) is 11.5. The number of aromatic nitrogens is 4. The third-order valence-electron chi connectivity index (χ3n) is 6.28. The summed E-state index contributed by atoms with van der Waals surface area (Å²) in [5, 5.41) is 0.951. The molecule has 5 rings (SSSR count). The van der Waals surface area contributed by atoms with Crippen molar-refractivity contribution in [2.45, 2.75) is 25.9 Å². The average Bonchev–Trinajstić information content (AvgIpc) is 2.83. The monoisotopic (exact) mass is 449 g/mol. The lowest BCUT2D eigenvalue weighted by Gasteiger charge is -2.37. The fourth-order valence-electron chi connectivity index (χ4n) is 4.50. The number of morpholine rings is 2. The molecule has 33 heavy (non-hydrogen) atoms. The first-order chi connectivity index (χ1) is 16.0. The van der Waals surface area contributed by atoms with Crippen LogP contribution in [-0.2, 0) is 9.47 Å². The third kappa shape index (κ3) is 4.18. The van der Waals surface area contributed by atoms with E-state index in [1.807, 2.05) is 37.2 Å². The molecule has 3 aromatic rings. The van der Waals surface area contributed by atoms with E-state index in [0.29, 0.717) is 38.0 Å². The van der Waals surface area contributed by atoms with E-state index in [9.17, 15) is 0 Å². The molecule has 9 nitrogen and oxygen atoms in total. The zero-order valence-corrected chi connectivity index (χ0v) is 19.7. The number of hydrogen-bond donors (Lipinski definition) is 0. The van der Waals surface area contributed by atoms with Crippen molar-refractivity contribution < 1.29 is 9.47 Å². The van der Waals surface area contributed by atoms with Gasteiger partial charge in [0.15, 0.2) is 5.65 Å². The first kappa shape index (κ1) is 21.8. The topological polar surface area (TPSA) is 79.7 Å². The minimum Gasteiger partial charge on any atom is -0.377 e. The Morgan fingerprint density at radius 3 is 2.33 bits per heavy atom. The second-order valence-corrected chi connectivity index (χ2v) is 8.92. The molecule has 0 aromatic carbocycles. The summed E-state index contributed by atoms with van der Waals surface area (Å²) in [4.78, 5) is 26.1. The largest absolute Gasteiger partial charge is 0.377 e. The van der Waals surface area contributed by atoms with Crippen LogP contribution in [0.15, 0.2) is 30.5 Å². The van der Waals surface area contributed by atoms with Gasteiger partial charge in [-0.3, -0.25) is 0 Å². The lowest BCUT2D eigenvalue weighted by molar-refractivity contribution is 0.0973. The molecule has 0 unspecified atom stereocenters. The Labute approximate surface area is 194 Å². The van der Waals surface area contributed by atoms with E-state index in [1.54, 1.807) is 6.20 Å². The molecular formula is C24H31N7O2. The van der Waals surface area contributed by atoms with Crippen LogP contribution in [-0.4, -0.2) is 85.6 Å². The van der Waals surface area contributed by atoms with E-state index in [-0.39, 0.29) is 12.1 Å². The average molecular weight is 450 g/mol. The van der Waals surface area contributed by atoms with Crippen LogP contribution in [0.3, 0.4) is 0 Å². The highest BCUT2D eigenvalue weighted by atomic mass is 16.5. The molecule has 0 saturated carbocycles. The van der Waals surface area contributed by atoms with E-state index in [4.69, 9.17) is 24.4 Å². The van der Waals surface area contributed by atoms with Gasteiger partial charge in [0.05, 0.1) is 49.6 Å². The predicted octanol–water partition coefficient (Wildman–Crippen LogP) is 2.60. The van der Waals surface area contributed by atoms with Gasteiger partial charge in [0, 0.05) is 38.9 Å². The summed E-state index contributed by atoms with van der Waals surface area (Å²) in [7, 11) is 3.98. The fourth-order valence-corrected chi connectivity index (χ4v) is 4.50. The Morgan fingerprint density at radius 1 is 0.909 bits per heavy atom. The second kappa shape index (κ2) is 9.07. The van der Waals surface area contributed by atoms with Crippen molar-refractivity contribution >= 4 is 28.6 Å². The highest BCUT2D eigenvalue weighted by Gasteiger charge is 2.27. The molecule has 0 radical (unpaired) electrons. The molecule has 2 aliphatic rings. The van der Waals surface area contributed by atoms with E-state index in [1.165, 1.54) is 0 Å². The van der Waals surface area contributed by atoms with Crippen LogP contribution in [0.2, 0.25) is 0 Å². The summed E-state index contributed by atoms with van der Waals surface area (Å²) >= 11 is 0. The highest BCUT2D eigenvalue weighted by Crippen LogP contribution is 2.33. The Balaban J connectivity index is 1.67. The molecule has 2 saturated heterocycles. The van der Waals surface area contributed by atoms with Gasteiger partial charge in [-0.05, 0) is 38.1 Å². The molecule has 0 N–H and O–H groups in total. The Bertz CT molecular complexity index is 1140. The lowest BCUT2D eigenvalue weighted by atomic mass is 10.1. The number of nitrogens with zero attached hydrogens (tertiary/aromatic N) is 7. The summed E-state index contributed by atoms with van der Waals surface area (Å²) in [6, 6.07) is 8.55. The van der Waals surface area contributed by atoms with Crippen molar-refractivity contribution in [1.82, 2.24) is 19.9 Å². The molecule has 3 aromatic heterocycles. The van der Waals surface area contributed by atoms with Crippen LogP contribution in [0.25, 0.3) is 22.3 Å². The molecule has 174 valence electrons. The quantitative estimate of drug-likeness (QED) is 0.597. The maximum atomic E-state index is 5.68. The predicted molar refractivity (Wildman–Crippen MR) is 130 cm³/mol. The van der Waals surface area contributed by atoms with Gasteiger partial charge in [-0.15, -0.1) is 0 Å². The molecule has 0 bridgehead atoms. The molecular weight excluding hydrogens is 418 g/mol. The number of pyridine rings is 2. The molecule has 2 fully saturated rings.